The number of alkyl halides is 1. The van der Waals surface area contributed by atoms with E-state index in [1.165, 1.54) is 25.7 Å². The molecule has 0 atom stereocenters. The molecule has 1 nitrogen and oxygen atoms in total. The van der Waals surface area contributed by atoms with Crippen molar-refractivity contribution in [2.24, 2.45) is 11.8 Å². The second-order valence-electron chi connectivity index (χ2n) is 5.70. The van der Waals surface area contributed by atoms with Crippen molar-refractivity contribution in [2.45, 2.75) is 31.6 Å². The molecule has 0 unspecified atom stereocenters. The van der Waals surface area contributed by atoms with E-state index in [0.29, 0.717) is 5.88 Å². The van der Waals surface area contributed by atoms with Gasteiger partial charge in [-0.05, 0) is 61.3 Å². The molecule has 2 fully saturated rings. The first-order valence-corrected chi connectivity index (χ1v) is 7.39. The lowest BCUT2D eigenvalue weighted by Crippen LogP contribution is -2.29. The lowest BCUT2D eigenvalue weighted by molar-refractivity contribution is 0.624. The molecule has 0 aromatic heterocycles. The van der Waals surface area contributed by atoms with E-state index >= 15 is 0 Å². The van der Waals surface area contributed by atoms with Crippen molar-refractivity contribution < 1.29 is 4.39 Å². The minimum absolute atomic E-state index is 0.188. The summed E-state index contributed by atoms with van der Waals surface area (Å²) in [6.07, 6.45) is 5.38. The number of hydrogen-bond donors (Lipinski definition) is 0. The Morgan fingerprint density at radius 3 is 2.22 bits per heavy atom. The van der Waals surface area contributed by atoms with Crippen LogP contribution in [0.2, 0.25) is 0 Å². The minimum Gasteiger partial charge on any atom is -0.371 e. The summed E-state index contributed by atoms with van der Waals surface area (Å²) in [5.41, 5.74) is 2.07. The van der Waals surface area contributed by atoms with E-state index in [-0.39, 0.29) is 5.82 Å². The normalized spacial score (nSPS) is 19.0. The predicted molar refractivity (Wildman–Crippen MR) is 73.6 cm³/mol. The van der Waals surface area contributed by atoms with Crippen LogP contribution in [0.25, 0.3) is 0 Å². The molecule has 0 saturated heterocycles. The van der Waals surface area contributed by atoms with Crippen molar-refractivity contribution in [1.29, 1.82) is 0 Å². The first-order chi connectivity index (χ1) is 8.76. The summed E-state index contributed by atoms with van der Waals surface area (Å²) in [5, 5.41) is 0. The molecule has 1 aromatic rings. The largest absolute Gasteiger partial charge is 0.371 e. The van der Waals surface area contributed by atoms with Crippen molar-refractivity contribution in [3.63, 3.8) is 0 Å². The highest BCUT2D eigenvalue weighted by atomic mass is 35.5. The SMILES string of the molecule is Fc1ccc(N(CC2CC2)CC2CC2)c(CCl)c1. The van der Waals surface area contributed by atoms with Gasteiger partial charge in [-0.25, -0.2) is 4.39 Å². The molecule has 0 aliphatic heterocycles. The Hall–Kier alpha value is -0.760. The summed E-state index contributed by atoms with van der Waals surface area (Å²) in [5.74, 6) is 1.89. The molecule has 0 radical (unpaired) electrons. The van der Waals surface area contributed by atoms with E-state index in [4.69, 9.17) is 11.6 Å². The van der Waals surface area contributed by atoms with Crippen molar-refractivity contribution in [3.05, 3.63) is 29.6 Å². The third-order valence-electron chi connectivity index (χ3n) is 3.88. The second kappa shape index (κ2) is 5.08. The Labute approximate surface area is 113 Å². The van der Waals surface area contributed by atoms with Crippen LogP contribution in [0, 0.1) is 17.7 Å². The minimum atomic E-state index is -0.188. The summed E-state index contributed by atoms with van der Waals surface area (Å²) in [6, 6.07) is 5.03. The Morgan fingerprint density at radius 1 is 1.11 bits per heavy atom. The average molecular weight is 268 g/mol. The quantitative estimate of drug-likeness (QED) is 0.699. The Kier molecular flexibility index (Phi) is 3.47. The first kappa shape index (κ1) is 12.3. The predicted octanol–water partition coefficient (Wildman–Crippen LogP) is 4.19. The van der Waals surface area contributed by atoms with Crippen LogP contribution in [-0.4, -0.2) is 13.1 Å². The molecular formula is C15H19ClFN. The summed E-state index contributed by atoms with van der Waals surface area (Å²) in [7, 11) is 0. The van der Waals surface area contributed by atoms with Crippen molar-refractivity contribution in [3.8, 4) is 0 Å². The fourth-order valence-corrected chi connectivity index (χ4v) is 2.68. The summed E-state index contributed by atoms with van der Waals surface area (Å²) in [6.45, 7) is 2.23. The fourth-order valence-electron chi connectivity index (χ4n) is 2.47. The molecule has 0 heterocycles. The fraction of sp³-hybridized carbons (Fsp3) is 0.600. The topological polar surface area (TPSA) is 3.24 Å². The van der Waals surface area contributed by atoms with Gasteiger partial charge in [-0.2, -0.15) is 0 Å². The van der Waals surface area contributed by atoms with Gasteiger partial charge in [0, 0.05) is 24.7 Å². The maximum atomic E-state index is 13.3. The van der Waals surface area contributed by atoms with Crippen LogP contribution in [-0.2, 0) is 5.88 Å². The van der Waals surface area contributed by atoms with E-state index in [1.54, 1.807) is 12.1 Å². The number of nitrogens with zero attached hydrogens (tertiary/aromatic N) is 1. The van der Waals surface area contributed by atoms with Gasteiger partial charge in [0.1, 0.15) is 5.82 Å². The van der Waals surface area contributed by atoms with Crippen molar-refractivity contribution >= 4 is 17.3 Å². The van der Waals surface area contributed by atoms with E-state index in [1.807, 2.05) is 6.07 Å². The molecule has 18 heavy (non-hydrogen) atoms. The Bertz CT molecular complexity index is 413. The zero-order valence-corrected chi connectivity index (χ0v) is 11.3. The molecule has 3 heteroatoms. The highest BCUT2D eigenvalue weighted by Crippen LogP contribution is 2.37. The van der Waals surface area contributed by atoms with Crippen LogP contribution >= 0.6 is 11.6 Å². The highest BCUT2D eigenvalue weighted by Gasteiger charge is 2.30. The van der Waals surface area contributed by atoms with Crippen LogP contribution in [0.5, 0.6) is 0 Å². The van der Waals surface area contributed by atoms with Crippen molar-refractivity contribution in [1.82, 2.24) is 0 Å². The standard InChI is InChI=1S/C15H19ClFN/c16-8-13-7-14(17)5-6-15(13)18(9-11-1-2-11)10-12-3-4-12/h5-7,11-12H,1-4,8-10H2. The first-order valence-electron chi connectivity index (χ1n) is 6.85. The van der Waals surface area contributed by atoms with E-state index in [9.17, 15) is 4.39 Å². The molecule has 2 saturated carbocycles. The van der Waals surface area contributed by atoms with Crippen LogP contribution in [0.4, 0.5) is 10.1 Å². The van der Waals surface area contributed by atoms with Gasteiger partial charge < -0.3 is 4.90 Å². The van der Waals surface area contributed by atoms with E-state index in [2.05, 4.69) is 4.90 Å². The van der Waals surface area contributed by atoms with Crippen LogP contribution in [0.15, 0.2) is 18.2 Å². The molecule has 0 N–H and O–H groups in total. The number of benzene rings is 1. The summed E-state index contributed by atoms with van der Waals surface area (Å²) >= 11 is 5.96. The molecule has 3 rings (SSSR count). The number of rotatable bonds is 6. The van der Waals surface area contributed by atoms with Crippen LogP contribution in [0.3, 0.4) is 0 Å². The van der Waals surface area contributed by atoms with Gasteiger partial charge in [0.25, 0.3) is 0 Å². The third-order valence-corrected chi connectivity index (χ3v) is 4.17. The van der Waals surface area contributed by atoms with Crippen LogP contribution < -0.4 is 4.90 Å². The molecule has 2 aliphatic rings. The van der Waals surface area contributed by atoms with Crippen molar-refractivity contribution in [2.75, 3.05) is 18.0 Å². The van der Waals surface area contributed by atoms with E-state index < -0.39 is 0 Å². The Balaban J connectivity index is 1.81. The monoisotopic (exact) mass is 267 g/mol. The van der Waals surface area contributed by atoms with Gasteiger partial charge in [-0.3, -0.25) is 0 Å². The molecule has 0 spiro atoms. The number of anilines is 1. The molecule has 1 aromatic carbocycles. The maximum absolute atomic E-state index is 13.3. The number of halogens is 2. The Morgan fingerprint density at radius 2 is 1.72 bits per heavy atom. The molecule has 0 bridgehead atoms. The number of hydrogen-bond acceptors (Lipinski definition) is 1. The molecule has 2 aliphatic carbocycles. The van der Waals surface area contributed by atoms with Gasteiger partial charge in [0.05, 0.1) is 0 Å². The van der Waals surface area contributed by atoms with Gasteiger partial charge >= 0.3 is 0 Å². The molecular weight excluding hydrogens is 249 g/mol. The molecule has 98 valence electrons. The van der Waals surface area contributed by atoms with Gasteiger partial charge in [-0.1, -0.05) is 0 Å². The lowest BCUT2D eigenvalue weighted by atomic mass is 10.1. The van der Waals surface area contributed by atoms with Gasteiger partial charge in [-0.15, -0.1) is 11.6 Å². The molecule has 0 amide bonds. The maximum Gasteiger partial charge on any atom is 0.123 e. The lowest BCUT2D eigenvalue weighted by Gasteiger charge is -2.27. The van der Waals surface area contributed by atoms with Crippen LogP contribution in [0.1, 0.15) is 31.2 Å². The summed E-state index contributed by atoms with van der Waals surface area (Å²) in [4.78, 5) is 2.44. The third kappa shape index (κ3) is 2.97. The van der Waals surface area contributed by atoms with E-state index in [0.717, 1.165) is 36.2 Å². The highest BCUT2D eigenvalue weighted by molar-refractivity contribution is 6.17. The average Bonchev–Trinajstić information content (AvgIpc) is 3.23. The van der Waals surface area contributed by atoms with Gasteiger partial charge in [0.15, 0.2) is 0 Å². The summed E-state index contributed by atoms with van der Waals surface area (Å²) < 4.78 is 13.3. The van der Waals surface area contributed by atoms with Gasteiger partial charge in [0.2, 0.25) is 0 Å². The second-order valence-corrected chi connectivity index (χ2v) is 5.97. The zero-order valence-electron chi connectivity index (χ0n) is 10.5. The zero-order chi connectivity index (χ0) is 12.5. The smallest absolute Gasteiger partial charge is 0.123 e.